The predicted octanol–water partition coefficient (Wildman–Crippen LogP) is 6.63. The van der Waals surface area contributed by atoms with E-state index in [1.54, 1.807) is 24.3 Å². The summed E-state index contributed by atoms with van der Waals surface area (Å²) in [6, 6.07) is 27.6. The van der Waals surface area contributed by atoms with E-state index in [1.807, 2.05) is 80.6 Å². The molecule has 210 valence electrons. The molecule has 2 atom stereocenters. The number of anilines is 1. The van der Waals surface area contributed by atoms with E-state index in [9.17, 15) is 14.4 Å². The molecular formula is C34H26Cl2N2O4. The molecule has 0 saturated carbocycles. The molecule has 4 aromatic carbocycles. The number of alkyl halides is 2. The minimum Gasteiger partial charge on any atom is -0.457 e. The van der Waals surface area contributed by atoms with Crippen LogP contribution in [0, 0.1) is 25.7 Å². The lowest BCUT2D eigenvalue weighted by molar-refractivity contribution is -0.142. The topological polar surface area (TPSA) is 75.7 Å². The first-order chi connectivity index (χ1) is 20.1. The molecule has 1 saturated heterocycles. The fraction of sp³-hybridized carbons (Fsp3) is 0.206. The van der Waals surface area contributed by atoms with Gasteiger partial charge in [0.25, 0.3) is 0 Å². The molecule has 3 amide bonds. The van der Waals surface area contributed by atoms with Gasteiger partial charge in [0, 0.05) is 5.69 Å². The maximum Gasteiger partial charge on any atom is 0.244 e. The summed E-state index contributed by atoms with van der Waals surface area (Å²) in [6.07, 6.45) is 0. The molecule has 3 aliphatic carbocycles. The molecule has 1 fully saturated rings. The monoisotopic (exact) mass is 596 g/mol. The maximum absolute atomic E-state index is 13.9. The minimum absolute atomic E-state index is 0.446. The summed E-state index contributed by atoms with van der Waals surface area (Å²) in [4.78, 5) is 39.4. The van der Waals surface area contributed by atoms with E-state index in [0.717, 1.165) is 38.5 Å². The second kappa shape index (κ2) is 9.45. The molecule has 0 spiro atoms. The molecule has 8 heteroatoms. The number of hydrogen-bond acceptors (Lipinski definition) is 4. The summed E-state index contributed by atoms with van der Waals surface area (Å²) >= 11 is 14.9. The molecule has 0 aromatic heterocycles. The van der Waals surface area contributed by atoms with Gasteiger partial charge in [0.15, 0.2) is 0 Å². The Morgan fingerprint density at radius 3 is 1.69 bits per heavy atom. The van der Waals surface area contributed by atoms with Gasteiger partial charge in [0.05, 0.1) is 11.8 Å². The van der Waals surface area contributed by atoms with E-state index in [-0.39, 0.29) is 0 Å². The van der Waals surface area contributed by atoms with Crippen molar-refractivity contribution in [3.8, 4) is 11.5 Å². The van der Waals surface area contributed by atoms with Gasteiger partial charge in [-0.1, -0.05) is 54.6 Å². The maximum atomic E-state index is 13.9. The Bertz CT molecular complexity index is 1680. The number of carbonyl (C=O) groups excluding carboxylic acids is 3. The number of hydrogen-bond donors (Lipinski definition) is 1. The predicted molar refractivity (Wildman–Crippen MR) is 161 cm³/mol. The van der Waals surface area contributed by atoms with Crippen molar-refractivity contribution in [3.05, 3.63) is 124 Å². The molecule has 1 heterocycles. The largest absolute Gasteiger partial charge is 0.457 e. The molecule has 4 aliphatic rings. The Morgan fingerprint density at radius 2 is 1.21 bits per heavy atom. The number of ether oxygens (including phenoxy) is 1. The van der Waals surface area contributed by atoms with Crippen molar-refractivity contribution in [2.45, 2.75) is 23.6 Å². The fourth-order valence-corrected chi connectivity index (χ4v) is 7.84. The van der Waals surface area contributed by atoms with Crippen LogP contribution >= 0.6 is 23.2 Å². The average molecular weight is 597 g/mol. The van der Waals surface area contributed by atoms with Crippen molar-refractivity contribution in [3.63, 3.8) is 0 Å². The summed E-state index contributed by atoms with van der Waals surface area (Å²) in [5.74, 6) is -2.06. The van der Waals surface area contributed by atoms with Crippen LogP contribution in [0.1, 0.15) is 33.4 Å². The normalized spacial score (nSPS) is 25.1. The third-order valence-electron chi connectivity index (χ3n) is 8.83. The molecule has 0 unspecified atom stereocenters. The quantitative estimate of drug-likeness (QED) is 0.207. The number of halogens is 2. The van der Waals surface area contributed by atoms with Gasteiger partial charge in [-0.2, -0.15) is 0 Å². The van der Waals surface area contributed by atoms with Gasteiger partial charge in [-0.05, 0) is 83.6 Å². The number of nitrogens with one attached hydrogen (secondary N) is 1. The molecule has 2 bridgehead atoms. The number of likely N-dealkylation sites (tertiary alicyclic amines) is 1. The molecule has 42 heavy (non-hydrogen) atoms. The zero-order valence-corrected chi connectivity index (χ0v) is 24.4. The highest BCUT2D eigenvalue weighted by atomic mass is 35.5. The Morgan fingerprint density at radius 1 is 0.738 bits per heavy atom. The summed E-state index contributed by atoms with van der Waals surface area (Å²) < 4.78 is 5.93. The van der Waals surface area contributed by atoms with Crippen molar-refractivity contribution in [1.82, 2.24) is 4.90 Å². The molecule has 6 nitrogen and oxygen atoms in total. The Balaban J connectivity index is 1.13. The minimum atomic E-state index is -1.28. The van der Waals surface area contributed by atoms with E-state index < -0.39 is 45.9 Å². The van der Waals surface area contributed by atoms with Gasteiger partial charge in [-0.3, -0.25) is 19.3 Å². The second-order valence-corrected chi connectivity index (χ2v) is 12.3. The molecule has 8 rings (SSSR count). The van der Waals surface area contributed by atoms with Gasteiger partial charge in [-0.15, -0.1) is 23.2 Å². The fourth-order valence-electron chi connectivity index (χ4n) is 6.74. The van der Waals surface area contributed by atoms with Crippen LogP contribution in [0.4, 0.5) is 5.69 Å². The van der Waals surface area contributed by atoms with E-state index in [4.69, 9.17) is 27.9 Å². The highest BCUT2D eigenvalue weighted by molar-refractivity contribution is 6.36. The van der Waals surface area contributed by atoms with Crippen LogP contribution in [0.15, 0.2) is 91.0 Å². The smallest absolute Gasteiger partial charge is 0.244 e. The number of rotatable bonds is 5. The molecule has 0 radical (unpaired) electrons. The number of aryl methyl sites for hydroxylation is 2. The van der Waals surface area contributed by atoms with Crippen LogP contribution in [0.5, 0.6) is 11.5 Å². The van der Waals surface area contributed by atoms with Crippen molar-refractivity contribution in [2.24, 2.45) is 11.8 Å². The van der Waals surface area contributed by atoms with E-state index in [2.05, 4.69) is 5.32 Å². The summed E-state index contributed by atoms with van der Waals surface area (Å²) in [5.41, 5.74) is 5.69. The van der Waals surface area contributed by atoms with Gasteiger partial charge >= 0.3 is 0 Å². The number of nitrogens with zero attached hydrogens (tertiary/aromatic N) is 1. The summed E-state index contributed by atoms with van der Waals surface area (Å²) in [7, 11) is 0. The average Bonchev–Trinajstić information content (AvgIpc) is 3.25. The summed E-state index contributed by atoms with van der Waals surface area (Å²) in [6.45, 7) is 3.61. The Hall–Kier alpha value is -4.13. The highest BCUT2D eigenvalue weighted by Gasteiger charge is 2.73. The second-order valence-electron chi connectivity index (χ2n) is 11.2. The lowest BCUT2D eigenvalue weighted by Crippen LogP contribution is -2.57. The van der Waals surface area contributed by atoms with E-state index in [0.29, 0.717) is 11.4 Å². The third-order valence-corrected chi connectivity index (χ3v) is 10.1. The SMILES string of the molecule is Cc1ccc(Oc2ccc(NC(=O)CN3C(=O)[C@H]4[C@H](C3=O)C3(Cl)c5ccccc5C4(Cl)c4ccccc43)cc2)cc1C. The molecule has 4 aromatic rings. The summed E-state index contributed by atoms with van der Waals surface area (Å²) in [5, 5.41) is 2.78. The van der Waals surface area contributed by atoms with Crippen molar-refractivity contribution >= 4 is 46.6 Å². The van der Waals surface area contributed by atoms with Gasteiger partial charge < -0.3 is 10.1 Å². The van der Waals surface area contributed by atoms with Gasteiger partial charge in [0.1, 0.15) is 27.8 Å². The van der Waals surface area contributed by atoms with Crippen molar-refractivity contribution in [2.75, 3.05) is 11.9 Å². The van der Waals surface area contributed by atoms with Crippen LogP contribution in [-0.2, 0) is 24.1 Å². The van der Waals surface area contributed by atoms with Gasteiger partial charge in [-0.25, -0.2) is 0 Å². The highest BCUT2D eigenvalue weighted by Crippen LogP contribution is 2.69. The number of amides is 3. The van der Waals surface area contributed by atoms with E-state index in [1.165, 1.54) is 5.56 Å². The number of carbonyl (C=O) groups is 3. The first kappa shape index (κ1) is 26.7. The Labute approximate surface area is 253 Å². The number of imide groups is 1. The van der Waals surface area contributed by atoms with Crippen LogP contribution in [0.3, 0.4) is 0 Å². The van der Waals surface area contributed by atoms with Crippen LogP contribution in [0.2, 0.25) is 0 Å². The lowest BCUT2D eigenvalue weighted by Gasteiger charge is -2.54. The standard InChI is InChI=1S/C34H26Cl2N2O4/c1-19-11-14-23(17-20(19)2)42-22-15-12-21(13-16-22)37-28(39)18-38-31(40)29-30(32(38)41)34(36)25-8-4-3-7-24(25)33(29,35)26-9-5-6-10-27(26)34/h3-17,29-30H,18H2,1-2H3,(H,37,39)/t29-,30-,33?,34?/m1/s1. The van der Waals surface area contributed by atoms with Crippen molar-refractivity contribution < 1.29 is 19.1 Å². The van der Waals surface area contributed by atoms with Gasteiger partial charge in [0.2, 0.25) is 17.7 Å². The van der Waals surface area contributed by atoms with Crippen LogP contribution in [0.25, 0.3) is 0 Å². The molecule has 1 aliphatic heterocycles. The Kier molecular flexibility index (Phi) is 6.02. The first-order valence-electron chi connectivity index (χ1n) is 13.7. The third kappa shape index (κ3) is 3.68. The lowest BCUT2D eigenvalue weighted by atomic mass is 9.54. The van der Waals surface area contributed by atoms with Crippen molar-refractivity contribution in [1.29, 1.82) is 0 Å². The zero-order valence-electron chi connectivity index (χ0n) is 22.9. The van der Waals surface area contributed by atoms with E-state index >= 15 is 0 Å². The first-order valence-corrected chi connectivity index (χ1v) is 14.5. The molecular weight excluding hydrogens is 571 g/mol. The molecule has 1 N–H and O–H groups in total. The van der Waals surface area contributed by atoms with Crippen LogP contribution < -0.4 is 10.1 Å². The zero-order chi connectivity index (χ0) is 29.4. The number of benzene rings is 4. The van der Waals surface area contributed by atoms with Crippen LogP contribution in [-0.4, -0.2) is 29.2 Å².